The van der Waals surface area contributed by atoms with Gasteiger partial charge in [-0.05, 0) is 12.1 Å². The van der Waals surface area contributed by atoms with Gasteiger partial charge in [-0.2, -0.15) is 0 Å². The molecule has 2 aromatic rings. The van der Waals surface area contributed by atoms with Crippen molar-refractivity contribution in [2.75, 3.05) is 25.3 Å². The second-order valence-electron chi connectivity index (χ2n) is 4.23. The second-order valence-corrected chi connectivity index (χ2v) is 5.17. The number of thioether (sulfide) groups is 1. The Hall–Kier alpha value is -2.15. The van der Waals surface area contributed by atoms with E-state index < -0.39 is 0 Å². The number of aryl methyl sites for hydroxylation is 1. The maximum atomic E-state index is 11.9. The van der Waals surface area contributed by atoms with Crippen molar-refractivity contribution in [2.45, 2.75) is 5.16 Å². The van der Waals surface area contributed by atoms with Crippen molar-refractivity contribution in [3.63, 3.8) is 0 Å². The summed E-state index contributed by atoms with van der Waals surface area (Å²) in [6.45, 7) is 0. The molecule has 1 heterocycles. The highest BCUT2D eigenvalue weighted by Crippen LogP contribution is 2.29. The summed E-state index contributed by atoms with van der Waals surface area (Å²) in [5.74, 6) is 1.39. The molecule has 1 amide bonds. The van der Waals surface area contributed by atoms with Gasteiger partial charge in [0.05, 0.1) is 20.0 Å². The van der Waals surface area contributed by atoms with Gasteiger partial charge in [0.25, 0.3) is 0 Å². The Balaban J connectivity index is 1.95. The van der Waals surface area contributed by atoms with E-state index in [1.54, 1.807) is 38.6 Å². The van der Waals surface area contributed by atoms with Gasteiger partial charge in [-0.25, -0.2) is 4.98 Å². The summed E-state index contributed by atoms with van der Waals surface area (Å²) in [5, 5.41) is 3.62. The molecule has 1 aromatic heterocycles. The lowest BCUT2D eigenvalue weighted by Gasteiger charge is -2.10. The zero-order chi connectivity index (χ0) is 15.2. The molecule has 1 aromatic carbocycles. The number of nitrogens with zero attached hydrogens (tertiary/aromatic N) is 2. The molecule has 2 rings (SSSR count). The van der Waals surface area contributed by atoms with Gasteiger partial charge in [0, 0.05) is 31.2 Å². The maximum Gasteiger partial charge on any atom is 0.234 e. The summed E-state index contributed by atoms with van der Waals surface area (Å²) in [6, 6.07) is 5.24. The van der Waals surface area contributed by atoms with Crippen molar-refractivity contribution in [3.05, 3.63) is 30.6 Å². The number of imidazole rings is 1. The molecule has 0 saturated heterocycles. The van der Waals surface area contributed by atoms with Crippen molar-refractivity contribution in [3.8, 4) is 11.5 Å². The van der Waals surface area contributed by atoms with Gasteiger partial charge < -0.3 is 19.4 Å². The zero-order valence-corrected chi connectivity index (χ0v) is 12.9. The van der Waals surface area contributed by atoms with Gasteiger partial charge in [-0.15, -0.1) is 0 Å². The second kappa shape index (κ2) is 7.03. The Labute approximate surface area is 127 Å². The molecule has 0 bridgehead atoms. The van der Waals surface area contributed by atoms with Crippen LogP contribution in [0.15, 0.2) is 35.7 Å². The van der Waals surface area contributed by atoms with Gasteiger partial charge in [0.15, 0.2) is 16.7 Å². The van der Waals surface area contributed by atoms with Crippen LogP contribution in [0.1, 0.15) is 0 Å². The monoisotopic (exact) mass is 307 g/mol. The summed E-state index contributed by atoms with van der Waals surface area (Å²) in [5.41, 5.74) is 0.665. The van der Waals surface area contributed by atoms with E-state index in [4.69, 9.17) is 9.47 Å². The third-order valence-corrected chi connectivity index (χ3v) is 3.83. The smallest absolute Gasteiger partial charge is 0.234 e. The minimum Gasteiger partial charge on any atom is -0.493 e. The lowest BCUT2D eigenvalue weighted by atomic mass is 10.2. The van der Waals surface area contributed by atoms with Crippen LogP contribution in [-0.2, 0) is 11.8 Å². The third kappa shape index (κ3) is 3.91. The summed E-state index contributed by atoms with van der Waals surface area (Å²) in [4.78, 5) is 16.1. The number of aromatic nitrogens is 2. The van der Waals surface area contributed by atoms with Gasteiger partial charge in [0.2, 0.25) is 5.91 Å². The number of rotatable bonds is 6. The first-order valence-electron chi connectivity index (χ1n) is 6.26. The molecule has 0 aliphatic rings. The molecule has 0 saturated carbocycles. The number of benzene rings is 1. The van der Waals surface area contributed by atoms with E-state index in [9.17, 15) is 4.79 Å². The largest absolute Gasteiger partial charge is 0.493 e. The first-order chi connectivity index (χ1) is 10.1. The van der Waals surface area contributed by atoms with Crippen LogP contribution in [0.2, 0.25) is 0 Å². The average molecular weight is 307 g/mol. The number of carbonyl (C=O) groups is 1. The molecule has 7 heteroatoms. The Bertz CT molecular complexity index is 628. The number of anilines is 1. The summed E-state index contributed by atoms with van der Waals surface area (Å²) in [6.07, 6.45) is 3.54. The Morgan fingerprint density at radius 2 is 2.10 bits per heavy atom. The fraction of sp³-hybridized carbons (Fsp3) is 0.286. The van der Waals surface area contributed by atoms with E-state index in [2.05, 4.69) is 10.3 Å². The van der Waals surface area contributed by atoms with Gasteiger partial charge >= 0.3 is 0 Å². The molecule has 0 radical (unpaired) electrons. The SMILES string of the molecule is COc1ccc(NC(=O)CSc2nccn2C)cc1OC. The van der Waals surface area contributed by atoms with Crippen molar-refractivity contribution in [1.29, 1.82) is 0 Å². The van der Waals surface area contributed by atoms with Crippen LogP contribution >= 0.6 is 11.8 Å². The Morgan fingerprint density at radius 3 is 2.71 bits per heavy atom. The number of hydrogen-bond acceptors (Lipinski definition) is 5. The van der Waals surface area contributed by atoms with Crippen molar-refractivity contribution in [1.82, 2.24) is 9.55 Å². The highest BCUT2D eigenvalue weighted by molar-refractivity contribution is 7.99. The van der Waals surface area contributed by atoms with E-state index in [-0.39, 0.29) is 5.91 Å². The molecule has 0 aliphatic heterocycles. The summed E-state index contributed by atoms with van der Waals surface area (Å²) in [7, 11) is 5.02. The van der Waals surface area contributed by atoms with E-state index >= 15 is 0 Å². The normalized spacial score (nSPS) is 10.2. The van der Waals surface area contributed by atoms with Crippen molar-refractivity contribution in [2.24, 2.45) is 7.05 Å². The van der Waals surface area contributed by atoms with Crippen LogP contribution in [0, 0.1) is 0 Å². The van der Waals surface area contributed by atoms with E-state index in [0.717, 1.165) is 5.16 Å². The van der Waals surface area contributed by atoms with Crippen molar-refractivity contribution >= 4 is 23.4 Å². The van der Waals surface area contributed by atoms with Crippen LogP contribution in [0.5, 0.6) is 11.5 Å². The molecular formula is C14H17N3O3S. The molecule has 0 spiro atoms. The van der Waals surface area contributed by atoms with E-state index in [1.807, 2.05) is 17.8 Å². The average Bonchev–Trinajstić information content (AvgIpc) is 2.90. The molecule has 0 aliphatic carbocycles. The van der Waals surface area contributed by atoms with Crippen LogP contribution < -0.4 is 14.8 Å². The van der Waals surface area contributed by atoms with E-state index in [0.29, 0.717) is 22.9 Å². The number of nitrogens with one attached hydrogen (secondary N) is 1. The number of amides is 1. The zero-order valence-electron chi connectivity index (χ0n) is 12.1. The lowest BCUT2D eigenvalue weighted by molar-refractivity contribution is -0.113. The molecule has 112 valence electrons. The van der Waals surface area contributed by atoms with Crippen molar-refractivity contribution < 1.29 is 14.3 Å². The first kappa shape index (κ1) is 15.2. The molecular weight excluding hydrogens is 290 g/mol. The molecule has 21 heavy (non-hydrogen) atoms. The highest BCUT2D eigenvalue weighted by atomic mass is 32.2. The minimum atomic E-state index is -0.102. The molecule has 6 nitrogen and oxygen atoms in total. The van der Waals surface area contributed by atoms with E-state index in [1.165, 1.54) is 11.8 Å². The quantitative estimate of drug-likeness (QED) is 0.829. The third-order valence-electron chi connectivity index (χ3n) is 2.78. The Kier molecular flexibility index (Phi) is 5.10. The first-order valence-corrected chi connectivity index (χ1v) is 7.24. The highest BCUT2D eigenvalue weighted by Gasteiger charge is 2.09. The number of hydrogen-bond donors (Lipinski definition) is 1. The molecule has 0 unspecified atom stereocenters. The van der Waals surface area contributed by atoms with Crippen LogP contribution in [0.3, 0.4) is 0 Å². The van der Waals surface area contributed by atoms with Crippen LogP contribution in [-0.4, -0.2) is 35.4 Å². The number of ether oxygens (including phenoxy) is 2. The summed E-state index contributed by atoms with van der Waals surface area (Å²) >= 11 is 1.38. The summed E-state index contributed by atoms with van der Waals surface area (Å²) < 4.78 is 12.2. The predicted octanol–water partition coefficient (Wildman–Crippen LogP) is 2.17. The lowest BCUT2D eigenvalue weighted by Crippen LogP contribution is -2.14. The molecule has 0 atom stereocenters. The van der Waals surface area contributed by atoms with Crippen LogP contribution in [0.4, 0.5) is 5.69 Å². The van der Waals surface area contributed by atoms with Gasteiger partial charge in [0.1, 0.15) is 0 Å². The van der Waals surface area contributed by atoms with Gasteiger partial charge in [-0.1, -0.05) is 11.8 Å². The topological polar surface area (TPSA) is 65.4 Å². The predicted molar refractivity (Wildman–Crippen MR) is 82.1 cm³/mol. The standard InChI is InChI=1S/C14H17N3O3S/c1-17-7-6-15-14(17)21-9-13(18)16-10-4-5-11(19-2)12(8-10)20-3/h4-8H,9H2,1-3H3,(H,16,18). The molecule has 0 fully saturated rings. The van der Waals surface area contributed by atoms with Crippen LogP contribution in [0.25, 0.3) is 0 Å². The fourth-order valence-corrected chi connectivity index (χ4v) is 2.46. The number of carbonyl (C=O) groups excluding carboxylic acids is 1. The number of methoxy groups -OCH3 is 2. The van der Waals surface area contributed by atoms with Gasteiger partial charge in [-0.3, -0.25) is 4.79 Å². The minimum absolute atomic E-state index is 0.102. The molecule has 1 N–H and O–H groups in total. The maximum absolute atomic E-state index is 11.9. The Morgan fingerprint density at radius 1 is 1.33 bits per heavy atom. The fourth-order valence-electron chi connectivity index (χ4n) is 1.73.